The lowest BCUT2D eigenvalue weighted by Crippen LogP contribution is -2.01. The van der Waals surface area contributed by atoms with Crippen molar-refractivity contribution in [2.24, 2.45) is 0 Å². The van der Waals surface area contributed by atoms with E-state index in [2.05, 4.69) is 20.9 Å². The van der Waals surface area contributed by atoms with Gasteiger partial charge in [0, 0.05) is 23.4 Å². The van der Waals surface area contributed by atoms with E-state index in [4.69, 9.17) is 5.11 Å². The van der Waals surface area contributed by atoms with E-state index in [1.807, 2.05) is 16.8 Å². The summed E-state index contributed by atoms with van der Waals surface area (Å²) in [7, 11) is 0. The molecule has 0 fully saturated rings. The molecule has 1 aromatic heterocycles. The monoisotopic (exact) mass is 280 g/mol. The Morgan fingerprint density at radius 1 is 1.44 bits per heavy atom. The van der Waals surface area contributed by atoms with Crippen molar-refractivity contribution in [3.05, 3.63) is 52.5 Å². The molecule has 82 valence electrons. The Kier molecular flexibility index (Phi) is 3.05. The number of aromatic nitrogens is 2. The number of carboxylic acid groups (broad SMARTS) is 1. The molecule has 0 bridgehead atoms. The van der Waals surface area contributed by atoms with E-state index in [1.165, 1.54) is 0 Å². The molecule has 0 radical (unpaired) electrons. The molecule has 2 aromatic rings. The Labute approximate surface area is 101 Å². The molecule has 1 N–H and O–H groups in total. The minimum atomic E-state index is -0.923. The van der Waals surface area contributed by atoms with Crippen LogP contribution in [0.15, 0.2) is 41.4 Å². The minimum Gasteiger partial charge on any atom is -0.478 e. The van der Waals surface area contributed by atoms with Crippen LogP contribution in [0.25, 0.3) is 0 Å². The highest BCUT2D eigenvalue weighted by Gasteiger charge is 2.06. The number of carboxylic acids is 1. The van der Waals surface area contributed by atoms with Crippen LogP contribution in [0.1, 0.15) is 15.9 Å². The molecule has 0 atom stereocenters. The second-order valence-electron chi connectivity index (χ2n) is 3.39. The molecule has 0 spiro atoms. The fraction of sp³-hybridized carbons (Fsp3) is 0.0909. The van der Waals surface area contributed by atoms with Crippen LogP contribution < -0.4 is 0 Å². The summed E-state index contributed by atoms with van der Waals surface area (Å²) < 4.78 is 2.65. The van der Waals surface area contributed by atoms with Crippen molar-refractivity contribution in [3.63, 3.8) is 0 Å². The summed E-state index contributed by atoms with van der Waals surface area (Å²) in [5, 5.41) is 8.92. The van der Waals surface area contributed by atoms with Crippen LogP contribution in [-0.2, 0) is 6.54 Å². The molecular formula is C11H9BrN2O2. The Morgan fingerprint density at radius 3 is 2.88 bits per heavy atom. The quantitative estimate of drug-likeness (QED) is 0.939. The van der Waals surface area contributed by atoms with Crippen molar-refractivity contribution in [1.82, 2.24) is 9.55 Å². The van der Waals surface area contributed by atoms with E-state index in [1.54, 1.807) is 24.7 Å². The van der Waals surface area contributed by atoms with E-state index in [0.717, 1.165) is 10.0 Å². The third-order valence-corrected chi connectivity index (χ3v) is 2.59. The van der Waals surface area contributed by atoms with E-state index < -0.39 is 5.97 Å². The molecular weight excluding hydrogens is 272 g/mol. The van der Waals surface area contributed by atoms with Crippen LogP contribution in [0.5, 0.6) is 0 Å². The van der Waals surface area contributed by atoms with Crippen molar-refractivity contribution in [1.29, 1.82) is 0 Å². The molecule has 0 aliphatic heterocycles. The smallest absolute Gasteiger partial charge is 0.335 e. The fourth-order valence-electron chi connectivity index (χ4n) is 1.46. The molecule has 0 aliphatic carbocycles. The SMILES string of the molecule is O=C(O)c1cc(Br)cc(Cn2ccnc2)c1. The normalized spacial score (nSPS) is 10.3. The van der Waals surface area contributed by atoms with Crippen LogP contribution in [0.2, 0.25) is 0 Å². The van der Waals surface area contributed by atoms with Gasteiger partial charge in [0.25, 0.3) is 0 Å². The summed E-state index contributed by atoms with van der Waals surface area (Å²) in [4.78, 5) is 14.8. The Balaban J connectivity index is 2.31. The van der Waals surface area contributed by atoms with Crippen molar-refractivity contribution < 1.29 is 9.90 Å². The van der Waals surface area contributed by atoms with Gasteiger partial charge in [0.1, 0.15) is 0 Å². The highest BCUT2D eigenvalue weighted by molar-refractivity contribution is 9.10. The van der Waals surface area contributed by atoms with Gasteiger partial charge >= 0.3 is 5.97 Å². The van der Waals surface area contributed by atoms with Crippen molar-refractivity contribution in [2.75, 3.05) is 0 Å². The van der Waals surface area contributed by atoms with Crippen LogP contribution in [0.3, 0.4) is 0 Å². The molecule has 0 saturated carbocycles. The zero-order valence-corrected chi connectivity index (χ0v) is 9.89. The highest BCUT2D eigenvalue weighted by atomic mass is 79.9. The predicted molar refractivity (Wildman–Crippen MR) is 62.4 cm³/mol. The second-order valence-corrected chi connectivity index (χ2v) is 4.30. The molecule has 0 unspecified atom stereocenters. The molecule has 5 heteroatoms. The lowest BCUT2D eigenvalue weighted by molar-refractivity contribution is 0.0696. The van der Waals surface area contributed by atoms with Crippen LogP contribution in [-0.4, -0.2) is 20.6 Å². The molecule has 1 aromatic carbocycles. The lowest BCUT2D eigenvalue weighted by Gasteiger charge is -2.05. The number of nitrogens with zero attached hydrogens (tertiary/aromatic N) is 2. The summed E-state index contributed by atoms with van der Waals surface area (Å²) >= 11 is 3.30. The van der Waals surface area contributed by atoms with Gasteiger partial charge in [-0.2, -0.15) is 0 Å². The van der Waals surface area contributed by atoms with E-state index in [-0.39, 0.29) is 5.56 Å². The van der Waals surface area contributed by atoms with Gasteiger partial charge < -0.3 is 9.67 Å². The standard InChI is InChI=1S/C11H9BrN2O2/c12-10-4-8(3-9(5-10)11(15)16)6-14-2-1-13-7-14/h1-5,7H,6H2,(H,15,16). The highest BCUT2D eigenvalue weighted by Crippen LogP contribution is 2.16. The summed E-state index contributed by atoms with van der Waals surface area (Å²) in [6, 6.07) is 5.14. The molecule has 0 aliphatic rings. The van der Waals surface area contributed by atoms with E-state index >= 15 is 0 Å². The second kappa shape index (κ2) is 4.49. The Hall–Kier alpha value is -1.62. The first-order chi connectivity index (χ1) is 7.65. The predicted octanol–water partition coefficient (Wildman–Crippen LogP) is 2.39. The van der Waals surface area contributed by atoms with Gasteiger partial charge in [-0.05, 0) is 23.8 Å². The molecule has 2 rings (SSSR count). The maximum Gasteiger partial charge on any atom is 0.335 e. The first-order valence-electron chi connectivity index (χ1n) is 4.63. The van der Waals surface area contributed by atoms with Gasteiger partial charge in [-0.25, -0.2) is 9.78 Å². The van der Waals surface area contributed by atoms with E-state index in [0.29, 0.717) is 6.54 Å². The maximum atomic E-state index is 10.9. The van der Waals surface area contributed by atoms with Crippen LogP contribution in [0.4, 0.5) is 0 Å². The first kappa shape index (κ1) is 10.9. The molecule has 0 amide bonds. The largest absolute Gasteiger partial charge is 0.478 e. The van der Waals surface area contributed by atoms with Gasteiger partial charge in [0.15, 0.2) is 0 Å². The lowest BCUT2D eigenvalue weighted by atomic mass is 10.1. The number of benzene rings is 1. The van der Waals surface area contributed by atoms with Gasteiger partial charge in [0.2, 0.25) is 0 Å². The third-order valence-electron chi connectivity index (χ3n) is 2.13. The maximum absolute atomic E-state index is 10.9. The summed E-state index contributed by atoms with van der Waals surface area (Å²) in [6.07, 6.45) is 5.22. The van der Waals surface area contributed by atoms with E-state index in [9.17, 15) is 4.79 Å². The number of hydrogen-bond acceptors (Lipinski definition) is 2. The van der Waals surface area contributed by atoms with Crippen LogP contribution in [0, 0.1) is 0 Å². The summed E-state index contributed by atoms with van der Waals surface area (Å²) in [5.74, 6) is -0.923. The van der Waals surface area contributed by atoms with Crippen molar-refractivity contribution in [3.8, 4) is 0 Å². The summed E-state index contributed by atoms with van der Waals surface area (Å²) in [6.45, 7) is 0.611. The topological polar surface area (TPSA) is 55.1 Å². The number of aromatic carboxylic acids is 1. The average molecular weight is 281 g/mol. The Morgan fingerprint density at radius 2 is 2.25 bits per heavy atom. The number of imidazole rings is 1. The average Bonchev–Trinajstić information content (AvgIpc) is 2.69. The molecule has 0 saturated heterocycles. The van der Waals surface area contributed by atoms with Gasteiger partial charge in [-0.1, -0.05) is 15.9 Å². The third kappa shape index (κ3) is 2.49. The van der Waals surface area contributed by atoms with Gasteiger partial charge in [-0.15, -0.1) is 0 Å². The zero-order chi connectivity index (χ0) is 11.5. The number of rotatable bonds is 3. The molecule has 16 heavy (non-hydrogen) atoms. The van der Waals surface area contributed by atoms with Gasteiger partial charge in [-0.3, -0.25) is 0 Å². The number of halogens is 1. The Bertz CT molecular complexity index is 509. The first-order valence-corrected chi connectivity index (χ1v) is 5.43. The zero-order valence-electron chi connectivity index (χ0n) is 8.30. The van der Waals surface area contributed by atoms with Gasteiger partial charge in [0.05, 0.1) is 11.9 Å². The number of hydrogen-bond donors (Lipinski definition) is 1. The summed E-state index contributed by atoms with van der Waals surface area (Å²) in [5.41, 5.74) is 1.20. The number of carbonyl (C=O) groups is 1. The van der Waals surface area contributed by atoms with Crippen molar-refractivity contribution in [2.45, 2.75) is 6.54 Å². The molecule has 1 heterocycles. The minimum absolute atomic E-state index is 0.282. The molecule has 4 nitrogen and oxygen atoms in total. The fourth-order valence-corrected chi connectivity index (χ4v) is 2.00. The van der Waals surface area contributed by atoms with Crippen molar-refractivity contribution >= 4 is 21.9 Å². The van der Waals surface area contributed by atoms with Crippen LogP contribution >= 0.6 is 15.9 Å².